The van der Waals surface area contributed by atoms with E-state index < -0.39 is 0 Å². The largest absolute Gasteiger partial charge is 0.495 e. The molecule has 0 aliphatic rings. The van der Waals surface area contributed by atoms with Crippen molar-refractivity contribution >= 4 is 34.7 Å². The molecular formula is C23H17ClN2O2. The van der Waals surface area contributed by atoms with Gasteiger partial charge in [0.25, 0.3) is 5.56 Å². The lowest BCUT2D eigenvalue weighted by Crippen LogP contribution is -2.22. The molecule has 0 aliphatic heterocycles. The van der Waals surface area contributed by atoms with Crippen molar-refractivity contribution in [1.82, 2.24) is 9.55 Å². The van der Waals surface area contributed by atoms with Gasteiger partial charge in [0.2, 0.25) is 0 Å². The number of rotatable bonds is 4. The molecule has 4 aromatic rings. The third kappa shape index (κ3) is 3.30. The van der Waals surface area contributed by atoms with Crippen LogP contribution in [0.3, 0.4) is 0 Å². The standard InChI is InChI=1S/C23H17ClN2O2/c1-28-21-13-7-6-12-20(21)26-22(15-14-16-8-2-4-10-18(16)24)25-19-11-5-3-9-17(19)23(26)27/h2-15H,1H3/b15-14+. The number of halogens is 1. The van der Waals surface area contributed by atoms with E-state index in [1.165, 1.54) is 0 Å². The van der Waals surface area contributed by atoms with Gasteiger partial charge in [-0.2, -0.15) is 0 Å². The fourth-order valence-electron chi connectivity index (χ4n) is 3.08. The Morgan fingerprint density at radius 1 is 0.929 bits per heavy atom. The predicted molar refractivity (Wildman–Crippen MR) is 114 cm³/mol. The van der Waals surface area contributed by atoms with Crippen molar-refractivity contribution in [2.75, 3.05) is 7.11 Å². The van der Waals surface area contributed by atoms with Gasteiger partial charge in [0, 0.05) is 5.02 Å². The highest BCUT2D eigenvalue weighted by molar-refractivity contribution is 6.32. The summed E-state index contributed by atoms with van der Waals surface area (Å²) in [5.74, 6) is 1.09. The van der Waals surface area contributed by atoms with Crippen LogP contribution in [0, 0.1) is 0 Å². The Balaban J connectivity index is 1.99. The van der Waals surface area contributed by atoms with E-state index in [1.807, 2.05) is 72.8 Å². The molecule has 138 valence electrons. The lowest BCUT2D eigenvalue weighted by Gasteiger charge is -2.14. The second-order valence-electron chi connectivity index (χ2n) is 6.15. The molecule has 0 saturated carbocycles. The topological polar surface area (TPSA) is 44.1 Å². The maximum Gasteiger partial charge on any atom is 0.266 e. The first-order valence-electron chi connectivity index (χ1n) is 8.77. The summed E-state index contributed by atoms with van der Waals surface area (Å²) < 4.78 is 7.03. The van der Waals surface area contributed by atoms with Crippen LogP contribution in [0.1, 0.15) is 11.4 Å². The normalized spacial score (nSPS) is 11.2. The molecule has 0 bridgehead atoms. The predicted octanol–water partition coefficient (Wildman–Crippen LogP) is 5.22. The number of methoxy groups -OCH3 is 1. The highest BCUT2D eigenvalue weighted by Crippen LogP contribution is 2.24. The van der Waals surface area contributed by atoms with Crippen LogP contribution in [-0.4, -0.2) is 16.7 Å². The number of hydrogen-bond donors (Lipinski definition) is 0. The minimum Gasteiger partial charge on any atom is -0.495 e. The summed E-state index contributed by atoms with van der Waals surface area (Å²) in [6, 6.07) is 22.2. The Hall–Kier alpha value is -3.37. The molecule has 0 amide bonds. The third-order valence-electron chi connectivity index (χ3n) is 4.44. The van der Waals surface area contributed by atoms with Gasteiger partial charge < -0.3 is 4.74 Å². The summed E-state index contributed by atoms with van der Waals surface area (Å²) in [7, 11) is 1.58. The highest BCUT2D eigenvalue weighted by atomic mass is 35.5. The Morgan fingerprint density at radius 3 is 2.46 bits per heavy atom. The first-order chi connectivity index (χ1) is 13.7. The Morgan fingerprint density at radius 2 is 1.64 bits per heavy atom. The number of para-hydroxylation sites is 3. The average Bonchev–Trinajstić information content (AvgIpc) is 2.73. The van der Waals surface area contributed by atoms with E-state index in [4.69, 9.17) is 21.3 Å². The molecule has 0 radical (unpaired) electrons. The fraction of sp³-hybridized carbons (Fsp3) is 0.0435. The average molecular weight is 389 g/mol. The van der Waals surface area contributed by atoms with Crippen molar-refractivity contribution < 1.29 is 4.74 Å². The smallest absolute Gasteiger partial charge is 0.266 e. The maximum absolute atomic E-state index is 13.3. The summed E-state index contributed by atoms with van der Waals surface area (Å²) >= 11 is 6.26. The van der Waals surface area contributed by atoms with E-state index in [0.29, 0.717) is 33.2 Å². The summed E-state index contributed by atoms with van der Waals surface area (Å²) in [5, 5.41) is 1.18. The van der Waals surface area contributed by atoms with Gasteiger partial charge in [0.1, 0.15) is 11.6 Å². The van der Waals surface area contributed by atoms with Gasteiger partial charge in [-0.1, -0.05) is 54.1 Å². The highest BCUT2D eigenvalue weighted by Gasteiger charge is 2.14. The first kappa shape index (κ1) is 18.0. The summed E-state index contributed by atoms with van der Waals surface area (Å²) in [6.45, 7) is 0. The lowest BCUT2D eigenvalue weighted by molar-refractivity contribution is 0.412. The quantitative estimate of drug-likeness (QED) is 0.481. The summed E-state index contributed by atoms with van der Waals surface area (Å²) in [4.78, 5) is 18.0. The van der Waals surface area contributed by atoms with Gasteiger partial charge in [-0.05, 0) is 48.0 Å². The number of hydrogen-bond acceptors (Lipinski definition) is 3. The van der Waals surface area contributed by atoms with Crippen molar-refractivity contribution in [3.63, 3.8) is 0 Å². The van der Waals surface area contributed by atoms with Crippen LogP contribution < -0.4 is 10.3 Å². The maximum atomic E-state index is 13.3. The lowest BCUT2D eigenvalue weighted by atomic mass is 10.2. The second kappa shape index (κ2) is 7.71. The zero-order chi connectivity index (χ0) is 19.5. The Labute approximate surface area is 167 Å². The minimum atomic E-state index is -0.158. The number of aromatic nitrogens is 2. The van der Waals surface area contributed by atoms with E-state index in [-0.39, 0.29) is 5.56 Å². The second-order valence-corrected chi connectivity index (χ2v) is 6.56. The third-order valence-corrected chi connectivity index (χ3v) is 4.79. The summed E-state index contributed by atoms with van der Waals surface area (Å²) in [6.07, 6.45) is 3.65. The van der Waals surface area contributed by atoms with Crippen molar-refractivity contribution in [3.05, 3.63) is 99.6 Å². The van der Waals surface area contributed by atoms with Crippen LogP contribution in [0.2, 0.25) is 5.02 Å². The first-order valence-corrected chi connectivity index (χ1v) is 9.14. The molecule has 0 unspecified atom stereocenters. The summed E-state index contributed by atoms with van der Waals surface area (Å²) in [5.41, 5.74) is 1.96. The molecule has 5 heteroatoms. The number of fused-ring (bicyclic) bond motifs is 1. The van der Waals surface area contributed by atoms with E-state index in [1.54, 1.807) is 23.8 Å². The monoisotopic (exact) mass is 388 g/mol. The van der Waals surface area contributed by atoms with E-state index in [0.717, 1.165) is 5.56 Å². The van der Waals surface area contributed by atoms with Crippen LogP contribution in [0.5, 0.6) is 5.75 Å². The van der Waals surface area contributed by atoms with Gasteiger partial charge in [0.05, 0.1) is 23.7 Å². The zero-order valence-corrected chi connectivity index (χ0v) is 15.9. The van der Waals surface area contributed by atoms with Gasteiger partial charge >= 0.3 is 0 Å². The molecule has 3 aromatic carbocycles. The molecule has 0 atom stereocenters. The molecule has 1 aromatic heterocycles. The molecule has 0 N–H and O–H groups in total. The number of nitrogens with zero attached hydrogens (tertiary/aromatic N) is 2. The van der Waals surface area contributed by atoms with Crippen LogP contribution in [0.4, 0.5) is 0 Å². The Bertz CT molecular complexity index is 1240. The minimum absolute atomic E-state index is 0.158. The molecular weight excluding hydrogens is 372 g/mol. The molecule has 0 aliphatic carbocycles. The van der Waals surface area contributed by atoms with Gasteiger partial charge in [-0.25, -0.2) is 4.98 Å². The molecule has 4 nitrogen and oxygen atoms in total. The van der Waals surface area contributed by atoms with E-state index >= 15 is 0 Å². The molecule has 0 fully saturated rings. The molecule has 28 heavy (non-hydrogen) atoms. The van der Waals surface area contributed by atoms with Gasteiger partial charge in [-0.15, -0.1) is 0 Å². The van der Waals surface area contributed by atoms with Gasteiger partial charge in [0.15, 0.2) is 0 Å². The van der Waals surface area contributed by atoms with Crippen molar-refractivity contribution in [1.29, 1.82) is 0 Å². The van der Waals surface area contributed by atoms with Crippen molar-refractivity contribution in [2.24, 2.45) is 0 Å². The number of ether oxygens (including phenoxy) is 1. The Kier molecular flexibility index (Phi) is 4.96. The molecule has 1 heterocycles. The van der Waals surface area contributed by atoms with Crippen LogP contribution >= 0.6 is 11.6 Å². The van der Waals surface area contributed by atoms with E-state index in [2.05, 4.69) is 0 Å². The van der Waals surface area contributed by atoms with E-state index in [9.17, 15) is 4.79 Å². The van der Waals surface area contributed by atoms with Crippen LogP contribution in [-0.2, 0) is 0 Å². The number of benzene rings is 3. The van der Waals surface area contributed by atoms with Crippen molar-refractivity contribution in [2.45, 2.75) is 0 Å². The molecule has 0 spiro atoms. The van der Waals surface area contributed by atoms with Gasteiger partial charge in [-0.3, -0.25) is 9.36 Å². The van der Waals surface area contributed by atoms with Crippen molar-refractivity contribution in [3.8, 4) is 11.4 Å². The van der Waals surface area contributed by atoms with Crippen LogP contribution in [0.15, 0.2) is 77.6 Å². The van der Waals surface area contributed by atoms with Crippen LogP contribution in [0.25, 0.3) is 28.7 Å². The SMILES string of the molecule is COc1ccccc1-n1c(/C=C/c2ccccc2Cl)nc2ccccc2c1=O. The fourth-order valence-corrected chi connectivity index (χ4v) is 3.28. The zero-order valence-electron chi connectivity index (χ0n) is 15.2. The molecule has 0 saturated heterocycles. The molecule has 4 rings (SSSR count).